The summed E-state index contributed by atoms with van der Waals surface area (Å²) in [6, 6.07) is 0. The summed E-state index contributed by atoms with van der Waals surface area (Å²) in [7, 11) is 0. The zero-order chi connectivity index (χ0) is 14.2. The molecule has 4 nitrogen and oxygen atoms in total. The van der Waals surface area contributed by atoms with E-state index in [4.69, 9.17) is 4.74 Å². The standard InChI is InChI=1S/C14H27NO3/c1-11(2)13(17)6-12(3)7-18-9-14(4,5)8-15-10-16/h10-12H,6-9H2,1-5H3,(H,15,16). The van der Waals surface area contributed by atoms with Crippen LogP contribution in [0.5, 0.6) is 0 Å². The first kappa shape index (κ1) is 17.1. The number of nitrogens with one attached hydrogen (secondary N) is 1. The van der Waals surface area contributed by atoms with Gasteiger partial charge in [-0.1, -0.05) is 34.6 Å². The van der Waals surface area contributed by atoms with Gasteiger partial charge in [0.05, 0.1) is 6.61 Å². The van der Waals surface area contributed by atoms with Crippen molar-refractivity contribution < 1.29 is 14.3 Å². The van der Waals surface area contributed by atoms with Crippen LogP contribution in [0.4, 0.5) is 0 Å². The van der Waals surface area contributed by atoms with Crippen molar-refractivity contribution in [3.05, 3.63) is 0 Å². The molecule has 0 aliphatic carbocycles. The summed E-state index contributed by atoms with van der Waals surface area (Å²) in [4.78, 5) is 21.8. The minimum Gasteiger partial charge on any atom is -0.381 e. The molecule has 4 heteroatoms. The molecule has 0 radical (unpaired) electrons. The van der Waals surface area contributed by atoms with Gasteiger partial charge in [-0.05, 0) is 5.92 Å². The highest BCUT2D eigenvalue weighted by molar-refractivity contribution is 5.80. The van der Waals surface area contributed by atoms with Gasteiger partial charge in [-0.3, -0.25) is 9.59 Å². The van der Waals surface area contributed by atoms with Gasteiger partial charge in [0.1, 0.15) is 5.78 Å². The molecule has 0 saturated heterocycles. The van der Waals surface area contributed by atoms with Gasteiger partial charge in [0.2, 0.25) is 6.41 Å². The molecule has 0 aromatic carbocycles. The maximum atomic E-state index is 11.6. The van der Waals surface area contributed by atoms with Crippen molar-refractivity contribution >= 4 is 12.2 Å². The van der Waals surface area contributed by atoms with Gasteiger partial charge in [-0.15, -0.1) is 0 Å². The smallest absolute Gasteiger partial charge is 0.207 e. The van der Waals surface area contributed by atoms with Crippen LogP contribution in [-0.4, -0.2) is 32.0 Å². The lowest BCUT2D eigenvalue weighted by molar-refractivity contribution is -0.123. The zero-order valence-corrected chi connectivity index (χ0v) is 12.3. The number of carbonyl (C=O) groups is 2. The minimum absolute atomic E-state index is 0.0807. The van der Waals surface area contributed by atoms with Gasteiger partial charge < -0.3 is 10.1 Å². The summed E-state index contributed by atoms with van der Waals surface area (Å²) in [5, 5.41) is 2.66. The van der Waals surface area contributed by atoms with Crippen LogP contribution in [0.1, 0.15) is 41.0 Å². The van der Waals surface area contributed by atoms with Crippen molar-refractivity contribution in [2.75, 3.05) is 19.8 Å². The van der Waals surface area contributed by atoms with E-state index in [1.165, 1.54) is 0 Å². The number of carbonyl (C=O) groups excluding carboxylic acids is 2. The van der Waals surface area contributed by atoms with E-state index in [9.17, 15) is 9.59 Å². The van der Waals surface area contributed by atoms with Crippen LogP contribution in [0.25, 0.3) is 0 Å². The lowest BCUT2D eigenvalue weighted by atomic mass is 9.94. The fraction of sp³-hybridized carbons (Fsp3) is 0.857. The predicted molar refractivity (Wildman–Crippen MR) is 72.3 cm³/mol. The molecule has 1 atom stereocenters. The third-order valence-corrected chi connectivity index (χ3v) is 2.75. The molecule has 0 fully saturated rings. The van der Waals surface area contributed by atoms with Crippen molar-refractivity contribution in [2.45, 2.75) is 41.0 Å². The highest BCUT2D eigenvalue weighted by atomic mass is 16.5. The fourth-order valence-electron chi connectivity index (χ4n) is 1.54. The average Bonchev–Trinajstić information content (AvgIpc) is 2.25. The molecule has 0 aromatic rings. The maximum absolute atomic E-state index is 11.6. The highest BCUT2D eigenvalue weighted by Gasteiger charge is 2.19. The van der Waals surface area contributed by atoms with E-state index < -0.39 is 0 Å². The van der Waals surface area contributed by atoms with E-state index in [-0.39, 0.29) is 23.0 Å². The Labute approximate surface area is 110 Å². The first-order valence-corrected chi connectivity index (χ1v) is 6.56. The number of Topliss-reactive ketones (excluding diaryl/α,β-unsaturated/α-hetero) is 1. The molecule has 0 saturated carbocycles. The Morgan fingerprint density at radius 1 is 1.33 bits per heavy atom. The molecule has 0 spiro atoms. The lowest BCUT2D eigenvalue weighted by Crippen LogP contribution is -2.33. The summed E-state index contributed by atoms with van der Waals surface area (Å²) in [5.74, 6) is 0.628. The van der Waals surface area contributed by atoms with Gasteiger partial charge in [0.25, 0.3) is 0 Å². The molecule has 0 bridgehead atoms. The van der Waals surface area contributed by atoms with Crippen molar-refractivity contribution in [3.8, 4) is 0 Å². The van der Waals surface area contributed by atoms with Gasteiger partial charge in [0.15, 0.2) is 0 Å². The van der Waals surface area contributed by atoms with Crippen LogP contribution in [0.15, 0.2) is 0 Å². The summed E-state index contributed by atoms with van der Waals surface area (Å²) in [6.45, 7) is 11.7. The van der Waals surface area contributed by atoms with Crippen molar-refractivity contribution in [3.63, 3.8) is 0 Å². The van der Waals surface area contributed by atoms with Gasteiger partial charge in [-0.25, -0.2) is 0 Å². The molecule has 106 valence electrons. The molecule has 0 aliphatic heterocycles. The van der Waals surface area contributed by atoms with Crippen molar-refractivity contribution in [1.29, 1.82) is 0 Å². The van der Waals surface area contributed by atoms with Crippen LogP contribution in [0, 0.1) is 17.3 Å². The first-order valence-electron chi connectivity index (χ1n) is 6.56. The molecule has 1 amide bonds. The summed E-state index contributed by atoms with van der Waals surface area (Å²) >= 11 is 0. The Bertz CT molecular complexity index is 262. The van der Waals surface area contributed by atoms with E-state index in [2.05, 4.69) is 5.32 Å². The third kappa shape index (κ3) is 8.23. The topological polar surface area (TPSA) is 55.4 Å². The average molecular weight is 257 g/mol. The molecule has 0 rings (SSSR count). The van der Waals surface area contributed by atoms with Crippen LogP contribution >= 0.6 is 0 Å². The van der Waals surface area contributed by atoms with E-state index >= 15 is 0 Å². The SMILES string of the molecule is CC(COCC(C)(C)CNC=O)CC(=O)C(C)C. The van der Waals surface area contributed by atoms with Crippen LogP contribution in [0.3, 0.4) is 0 Å². The molecule has 1 unspecified atom stereocenters. The third-order valence-electron chi connectivity index (χ3n) is 2.75. The predicted octanol–water partition coefficient (Wildman–Crippen LogP) is 2.03. The van der Waals surface area contributed by atoms with Gasteiger partial charge >= 0.3 is 0 Å². The lowest BCUT2D eigenvalue weighted by Gasteiger charge is -2.24. The van der Waals surface area contributed by atoms with E-state index in [1.54, 1.807) is 0 Å². The largest absolute Gasteiger partial charge is 0.381 e. The number of hydrogen-bond acceptors (Lipinski definition) is 3. The molecule has 0 aromatic heterocycles. The monoisotopic (exact) mass is 257 g/mol. The minimum atomic E-state index is -0.0807. The summed E-state index contributed by atoms with van der Waals surface area (Å²) in [6.07, 6.45) is 1.27. The van der Waals surface area contributed by atoms with E-state index in [0.29, 0.717) is 32.6 Å². The van der Waals surface area contributed by atoms with Crippen molar-refractivity contribution in [1.82, 2.24) is 5.32 Å². The molecular weight excluding hydrogens is 230 g/mol. The molecule has 18 heavy (non-hydrogen) atoms. The second-order valence-electron chi connectivity index (χ2n) is 6.11. The van der Waals surface area contributed by atoms with Gasteiger partial charge in [-0.2, -0.15) is 0 Å². The quantitative estimate of drug-likeness (QED) is 0.609. The van der Waals surface area contributed by atoms with Crippen LogP contribution in [-0.2, 0) is 14.3 Å². The normalized spacial score (nSPS) is 13.4. The maximum Gasteiger partial charge on any atom is 0.207 e. The molecule has 1 N–H and O–H groups in total. The summed E-state index contributed by atoms with van der Waals surface area (Å²) in [5.41, 5.74) is -0.0807. The van der Waals surface area contributed by atoms with Crippen LogP contribution in [0.2, 0.25) is 0 Å². The number of ketones is 1. The number of hydrogen-bond donors (Lipinski definition) is 1. The van der Waals surface area contributed by atoms with E-state index in [0.717, 1.165) is 0 Å². The molecular formula is C14H27NO3. The highest BCUT2D eigenvalue weighted by Crippen LogP contribution is 2.15. The Hall–Kier alpha value is -0.900. The molecule has 0 aliphatic rings. The van der Waals surface area contributed by atoms with Crippen LogP contribution < -0.4 is 5.32 Å². The van der Waals surface area contributed by atoms with E-state index in [1.807, 2.05) is 34.6 Å². The fourth-order valence-corrected chi connectivity index (χ4v) is 1.54. The number of ether oxygens (including phenoxy) is 1. The summed E-state index contributed by atoms with van der Waals surface area (Å²) < 4.78 is 5.63. The first-order chi connectivity index (χ1) is 8.28. The second-order valence-corrected chi connectivity index (χ2v) is 6.11. The Balaban J connectivity index is 3.82. The van der Waals surface area contributed by atoms with Crippen molar-refractivity contribution in [2.24, 2.45) is 17.3 Å². The Kier molecular flexibility index (Phi) is 7.83. The number of amides is 1. The zero-order valence-electron chi connectivity index (χ0n) is 12.3. The number of rotatable bonds is 10. The Morgan fingerprint density at radius 2 is 1.94 bits per heavy atom. The second kappa shape index (κ2) is 8.25. The van der Waals surface area contributed by atoms with Gasteiger partial charge in [0, 0.05) is 30.9 Å². The Morgan fingerprint density at radius 3 is 2.44 bits per heavy atom. The molecule has 0 heterocycles.